The van der Waals surface area contributed by atoms with E-state index in [0.29, 0.717) is 0 Å². The van der Waals surface area contributed by atoms with Crippen molar-refractivity contribution in [2.24, 2.45) is 0 Å². The second kappa shape index (κ2) is 21.4. The third kappa shape index (κ3) is 7.91. The fraction of sp³-hybridized carbons (Fsp3) is 0.0108. The van der Waals surface area contributed by atoms with Crippen molar-refractivity contribution in [1.82, 2.24) is 4.57 Å². The number of thiophene rings is 2. The maximum Gasteiger partial charge on any atom is 0.0725 e. The molecule has 16 aromatic carbocycles. The van der Waals surface area contributed by atoms with Gasteiger partial charge in [-0.2, -0.15) is 0 Å². The van der Waals surface area contributed by atoms with Gasteiger partial charge in [-0.05, 0) is 173 Å². The molecule has 0 amide bonds. The molecule has 1 spiro atoms. The number of fused-ring (bicyclic) bond motifs is 23. The zero-order valence-corrected chi connectivity index (χ0v) is 54.7. The molecule has 0 saturated carbocycles. The molecule has 456 valence electrons. The zero-order valence-electron chi connectivity index (χ0n) is 53.1. The molecule has 19 aromatic rings. The summed E-state index contributed by atoms with van der Waals surface area (Å²) < 4.78 is 7.62. The Morgan fingerprint density at radius 3 is 1.08 bits per heavy atom. The van der Waals surface area contributed by atoms with Crippen LogP contribution in [0.3, 0.4) is 0 Å². The minimum absolute atomic E-state index is 0.499. The second-order valence-electron chi connectivity index (χ2n) is 26.1. The van der Waals surface area contributed by atoms with Gasteiger partial charge >= 0.3 is 0 Å². The number of rotatable bonds is 9. The van der Waals surface area contributed by atoms with Crippen LogP contribution in [-0.2, 0) is 5.41 Å². The van der Waals surface area contributed by atoms with Gasteiger partial charge in [-0.15, -0.1) is 22.7 Å². The molecule has 0 saturated heterocycles. The average molecular weight is 1280 g/mol. The molecule has 3 aromatic heterocycles. The van der Waals surface area contributed by atoms with E-state index in [4.69, 9.17) is 0 Å². The van der Waals surface area contributed by atoms with Crippen molar-refractivity contribution in [3.8, 4) is 50.2 Å². The first kappa shape index (κ1) is 55.2. The zero-order chi connectivity index (χ0) is 64.2. The normalized spacial score (nSPS) is 12.8. The number of anilines is 6. The van der Waals surface area contributed by atoms with E-state index >= 15 is 0 Å². The summed E-state index contributed by atoms with van der Waals surface area (Å²) in [4.78, 5) is 5.04. The SMILES string of the molecule is c1ccc(N(c2ccc(-c3cccc4ccccc34)cc2)c2cc3c(c4c2sc2ccccc24)c2c4c(sc5ccccc54)c(N(c4ccccc4)c4ccc(-c5cccc6ccccc56)cc4)cc2n3-c2ccc3c(c2)-c2ccccc2C32c3ccccc3-c3ccccc32)cc1. The lowest BCUT2D eigenvalue weighted by Crippen LogP contribution is -2.25. The first-order valence-electron chi connectivity index (χ1n) is 33.7. The van der Waals surface area contributed by atoms with Gasteiger partial charge in [0.05, 0.1) is 37.2 Å². The van der Waals surface area contributed by atoms with Crippen molar-refractivity contribution >= 4 is 140 Å². The summed E-state index contributed by atoms with van der Waals surface area (Å²) in [7, 11) is 0. The smallest absolute Gasteiger partial charge is 0.0725 e. The molecule has 5 heteroatoms. The molecule has 0 fully saturated rings. The van der Waals surface area contributed by atoms with Gasteiger partial charge in [0, 0.05) is 70.2 Å². The van der Waals surface area contributed by atoms with Crippen LogP contribution in [0.1, 0.15) is 22.3 Å². The quantitative estimate of drug-likeness (QED) is 0.143. The van der Waals surface area contributed by atoms with Crippen LogP contribution < -0.4 is 9.80 Å². The van der Waals surface area contributed by atoms with Crippen LogP contribution in [0.4, 0.5) is 34.1 Å². The second-order valence-corrected chi connectivity index (χ2v) is 28.2. The molecule has 98 heavy (non-hydrogen) atoms. The van der Waals surface area contributed by atoms with Crippen LogP contribution in [-0.4, -0.2) is 4.57 Å². The van der Waals surface area contributed by atoms with E-state index in [-0.39, 0.29) is 0 Å². The van der Waals surface area contributed by atoms with Gasteiger partial charge in [0.2, 0.25) is 0 Å². The minimum Gasteiger partial charge on any atom is -0.309 e. The van der Waals surface area contributed by atoms with Crippen molar-refractivity contribution in [3.05, 3.63) is 368 Å². The van der Waals surface area contributed by atoms with E-state index in [9.17, 15) is 0 Å². The van der Waals surface area contributed by atoms with E-state index in [2.05, 4.69) is 360 Å². The lowest BCUT2D eigenvalue weighted by molar-refractivity contribution is 0.793. The Hall–Kier alpha value is -12.1. The van der Waals surface area contributed by atoms with Crippen LogP contribution >= 0.6 is 22.7 Å². The molecule has 0 bridgehead atoms. The van der Waals surface area contributed by atoms with E-state index in [1.807, 2.05) is 22.7 Å². The summed E-state index contributed by atoms with van der Waals surface area (Å²) >= 11 is 3.80. The molecule has 0 radical (unpaired) electrons. The minimum atomic E-state index is -0.499. The lowest BCUT2D eigenvalue weighted by Gasteiger charge is -2.30. The lowest BCUT2D eigenvalue weighted by atomic mass is 9.70. The van der Waals surface area contributed by atoms with Crippen LogP contribution in [0.15, 0.2) is 346 Å². The van der Waals surface area contributed by atoms with Gasteiger partial charge in [0.15, 0.2) is 0 Å². The molecular formula is C93H57N3S2. The van der Waals surface area contributed by atoms with Crippen molar-refractivity contribution in [1.29, 1.82) is 0 Å². The predicted octanol–water partition coefficient (Wildman–Crippen LogP) is 26.4. The topological polar surface area (TPSA) is 11.4 Å². The van der Waals surface area contributed by atoms with Crippen molar-refractivity contribution in [3.63, 3.8) is 0 Å². The molecule has 3 heterocycles. The molecule has 3 nitrogen and oxygen atoms in total. The Morgan fingerprint density at radius 1 is 0.255 bits per heavy atom. The maximum atomic E-state index is 2.65. The third-order valence-electron chi connectivity index (χ3n) is 21.1. The van der Waals surface area contributed by atoms with Gasteiger partial charge in [-0.3, -0.25) is 0 Å². The van der Waals surface area contributed by atoms with Gasteiger partial charge in [-0.1, -0.05) is 261 Å². The summed E-state index contributed by atoms with van der Waals surface area (Å²) in [5, 5.41) is 12.5. The van der Waals surface area contributed by atoms with Crippen molar-refractivity contribution in [2.45, 2.75) is 5.41 Å². The summed E-state index contributed by atoms with van der Waals surface area (Å²) in [6.45, 7) is 0. The summed E-state index contributed by atoms with van der Waals surface area (Å²) in [5.41, 5.74) is 24.7. The van der Waals surface area contributed by atoms with E-state index in [1.165, 1.54) is 139 Å². The summed E-state index contributed by atoms with van der Waals surface area (Å²) in [5.74, 6) is 0. The average Bonchev–Trinajstić information content (AvgIpc) is 1.51. The monoisotopic (exact) mass is 1280 g/mol. The Bertz CT molecular complexity index is 6140. The molecule has 2 aliphatic rings. The highest BCUT2D eigenvalue weighted by Gasteiger charge is 2.51. The summed E-state index contributed by atoms with van der Waals surface area (Å²) in [6, 6.07) is 130. The Kier molecular flexibility index (Phi) is 12.1. The molecule has 0 unspecified atom stereocenters. The molecule has 0 aliphatic heterocycles. The Balaban J connectivity index is 0.892. The van der Waals surface area contributed by atoms with Crippen LogP contribution in [0.2, 0.25) is 0 Å². The van der Waals surface area contributed by atoms with Crippen molar-refractivity contribution < 1.29 is 0 Å². The van der Waals surface area contributed by atoms with Crippen molar-refractivity contribution in [2.75, 3.05) is 9.80 Å². The number of nitrogens with zero attached hydrogens (tertiary/aromatic N) is 3. The van der Waals surface area contributed by atoms with Gasteiger partial charge in [0.1, 0.15) is 0 Å². The highest BCUT2D eigenvalue weighted by molar-refractivity contribution is 7.27. The predicted molar refractivity (Wildman–Crippen MR) is 418 cm³/mol. The fourth-order valence-corrected chi connectivity index (χ4v) is 19.5. The van der Waals surface area contributed by atoms with Gasteiger partial charge in [0.25, 0.3) is 0 Å². The molecule has 21 rings (SSSR count). The van der Waals surface area contributed by atoms with E-state index in [1.54, 1.807) is 0 Å². The molecule has 0 atom stereocenters. The van der Waals surface area contributed by atoms with Crippen LogP contribution in [0.25, 0.3) is 134 Å². The Labute approximate surface area is 574 Å². The number of aromatic nitrogens is 1. The first-order chi connectivity index (χ1) is 48.6. The van der Waals surface area contributed by atoms with E-state index < -0.39 is 5.41 Å². The molecule has 2 aliphatic carbocycles. The Morgan fingerprint density at radius 2 is 0.612 bits per heavy atom. The largest absolute Gasteiger partial charge is 0.309 e. The fourth-order valence-electron chi connectivity index (χ4n) is 17.1. The highest BCUT2D eigenvalue weighted by atomic mass is 32.1. The standard InChI is InChI=1S/C93H57N3S2/c1-3-27-62(28-4-1)94(64-49-45-60(46-50-64)69-38-21-25-58-23-7-9-31-67(58)69)83-56-81-89(87-74-36-14-19-43-85(74)97-91(83)87)90-82(96(81)66-53-54-80-76(55-66)73-35-13-18-42-79(73)93(80)77-40-16-11-33-71(77)72-34-12-17-41-78(72)93)57-84(92-88(90)75-37-15-20-44-86(75)98-92)95(63-29-5-2-6-30-63)65-51-47-61(48-52-65)70-39-22-26-59-24-8-10-32-68(59)70/h1-57H. The third-order valence-corrected chi connectivity index (χ3v) is 23.5. The molecular weight excluding hydrogens is 1220 g/mol. The van der Waals surface area contributed by atoms with E-state index in [0.717, 1.165) is 50.8 Å². The van der Waals surface area contributed by atoms with Crippen LogP contribution in [0, 0.1) is 0 Å². The van der Waals surface area contributed by atoms with Gasteiger partial charge < -0.3 is 14.4 Å². The molecule has 0 N–H and O–H groups in total. The number of para-hydroxylation sites is 2. The summed E-state index contributed by atoms with van der Waals surface area (Å²) in [6.07, 6.45) is 0. The maximum absolute atomic E-state index is 2.65. The number of hydrogen-bond donors (Lipinski definition) is 0. The highest BCUT2D eigenvalue weighted by Crippen LogP contribution is 2.64. The van der Waals surface area contributed by atoms with Gasteiger partial charge in [-0.25, -0.2) is 0 Å². The van der Waals surface area contributed by atoms with Crippen LogP contribution in [0.5, 0.6) is 0 Å². The number of hydrogen-bond acceptors (Lipinski definition) is 4. The number of benzene rings is 16. The first-order valence-corrected chi connectivity index (χ1v) is 35.3.